The van der Waals surface area contributed by atoms with Crippen molar-refractivity contribution in [3.8, 4) is 0 Å². The van der Waals surface area contributed by atoms with Crippen LogP contribution in [0.2, 0.25) is 0 Å². The summed E-state index contributed by atoms with van der Waals surface area (Å²) in [5, 5.41) is 11.7. The number of carbonyl (C=O) groups excluding carboxylic acids is 1. The van der Waals surface area contributed by atoms with Gasteiger partial charge in [0.1, 0.15) is 0 Å². The Morgan fingerprint density at radius 1 is 1.42 bits per heavy atom. The Kier molecular flexibility index (Phi) is 4.04. The van der Waals surface area contributed by atoms with Crippen molar-refractivity contribution in [3.05, 3.63) is 23.8 Å². The van der Waals surface area contributed by atoms with Crippen LogP contribution in [0.5, 0.6) is 0 Å². The molecule has 1 aromatic carbocycles. The number of carboxylic acids is 1. The van der Waals surface area contributed by atoms with Gasteiger partial charge in [0.05, 0.1) is 23.5 Å². The molecule has 2 rings (SSSR count). The SMILES string of the molecule is CCCCCN1CC(=O)Nc2cc(C(=O)O)ccc21. The Labute approximate surface area is 112 Å². The van der Waals surface area contributed by atoms with E-state index in [1.54, 1.807) is 12.1 Å². The van der Waals surface area contributed by atoms with E-state index in [0.29, 0.717) is 12.2 Å². The van der Waals surface area contributed by atoms with Crippen molar-refractivity contribution >= 4 is 23.3 Å². The van der Waals surface area contributed by atoms with Crippen LogP contribution in [-0.4, -0.2) is 30.1 Å². The van der Waals surface area contributed by atoms with Crippen LogP contribution in [0.15, 0.2) is 18.2 Å². The first-order valence-corrected chi connectivity index (χ1v) is 6.54. The second-order valence-electron chi connectivity index (χ2n) is 4.71. The summed E-state index contributed by atoms with van der Waals surface area (Å²) in [6.07, 6.45) is 3.29. The summed E-state index contributed by atoms with van der Waals surface area (Å²) >= 11 is 0. The summed E-state index contributed by atoms with van der Waals surface area (Å²) in [6.45, 7) is 3.29. The second-order valence-corrected chi connectivity index (χ2v) is 4.71. The molecule has 0 radical (unpaired) electrons. The Morgan fingerprint density at radius 3 is 2.89 bits per heavy atom. The van der Waals surface area contributed by atoms with Crippen LogP contribution in [-0.2, 0) is 4.79 Å². The van der Waals surface area contributed by atoms with E-state index in [0.717, 1.165) is 31.5 Å². The van der Waals surface area contributed by atoms with Gasteiger partial charge in [-0.15, -0.1) is 0 Å². The number of hydrogen-bond donors (Lipinski definition) is 2. The lowest BCUT2D eigenvalue weighted by Gasteiger charge is -2.31. The zero-order valence-electron chi connectivity index (χ0n) is 11.0. The van der Waals surface area contributed by atoms with Gasteiger partial charge in [-0.2, -0.15) is 0 Å². The number of rotatable bonds is 5. The van der Waals surface area contributed by atoms with Gasteiger partial charge < -0.3 is 15.3 Å². The zero-order valence-corrected chi connectivity index (χ0v) is 11.0. The van der Waals surface area contributed by atoms with Crippen LogP contribution in [0, 0.1) is 0 Å². The molecule has 0 bridgehead atoms. The maximum atomic E-state index is 11.6. The maximum absolute atomic E-state index is 11.6. The molecule has 1 heterocycles. The summed E-state index contributed by atoms with van der Waals surface area (Å²) in [5.74, 6) is -1.08. The Morgan fingerprint density at radius 2 is 2.21 bits per heavy atom. The van der Waals surface area contributed by atoms with Gasteiger partial charge in [0.15, 0.2) is 0 Å². The fourth-order valence-electron chi connectivity index (χ4n) is 2.25. The maximum Gasteiger partial charge on any atom is 0.335 e. The van der Waals surface area contributed by atoms with Gasteiger partial charge in [-0.25, -0.2) is 4.79 Å². The van der Waals surface area contributed by atoms with Crippen LogP contribution in [0.1, 0.15) is 36.5 Å². The lowest BCUT2D eigenvalue weighted by atomic mass is 10.1. The van der Waals surface area contributed by atoms with Gasteiger partial charge in [-0.1, -0.05) is 19.8 Å². The molecule has 1 amide bonds. The number of amides is 1. The molecule has 19 heavy (non-hydrogen) atoms. The van der Waals surface area contributed by atoms with E-state index in [9.17, 15) is 9.59 Å². The molecule has 1 aromatic rings. The minimum atomic E-state index is -0.986. The average Bonchev–Trinajstić information content (AvgIpc) is 2.37. The highest BCUT2D eigenvalue weighted by molar-refractivity contribution is 6.02. The summed E-state index contributed by atoms with van der Waals surface area (Å²) in [6, 6.07) is 4.86. The van der Waals surface area contributed by atoms with Crippen molar-refractivity contribution in [1.82, 2.24) is 0 Å². The molecule has 0 saturated carbocycles. The summed E-state index contributed by atoms with van der Waals surface area (Å²) < 4.78 is 0. The molecule has 102 valence electrons. The highest BCUT2D eigenvalue weighted by Crippen LogP contribution is 2.30. The van der Waals surface area contributed by atoms with Crippen LogP contribution in [0.3, 0.4) is 0 Å². The molecule has 0 aliphatic carbocycles. The smallest absolute Gasteiger partial charge is 0.335 e. The second kappa shape index (κ2) is 5.73. The molecule has 1 aliphatic heterocycles. The lowest BCUT2D eigenvalue weighted by Crippen LogP contribution is -2.38. The van der Waals surface area contributed by atoms with Crippen molar-refractivity contribution in [1.29, 1.82) is 0 Å². The first kappa shape index (κ1) is 13.4. The average molecular weight is 262 g/mol. The van der Waals surface area contributed by atoms with E-state index in [4.69, 9.17) is 5.11 Å². The Hall–Kier alpha value is -2.04. The highest BCUT2D eigenvalue weighted by atomic mass is 16.4. The van der Waals surface area contributed by atoms with Crippen molar-refractivity contribution in [2.75, 3.05) is 23.3 Å². The number of unbranched alkanes of at least 4 members (excludes halogenated alkanes) is 2. The molecule has 0 atom stereocenters. The molecule has 2 N–H and O–H groups in total. The number of carboxylic acid groups (broad SMARTS) is 1. The first-order chi connectivity index (χ1) is 9.11. The molecule has 0 spiro atoms. The topological polar surface area (TPSA) is 69.6 Å². The minimum Gasteiger partial charge on any atom is -0.478 e. The lowest BCUT2D eigenvalue weighted by molar-refractivity contribution is -0.115. The van der Waals surface area contributed by atoms with Gasteiger partial charge in [0.25, 0.3) is 0 Å². The van der Waals surface area contributed by atoms with E-state index in [1.165, 1.54) is 6.07 Å². The normalized spacial score (nSPS) is 13.9. The van der Waals surface area contributed by atoms with Crippen molar-refractivity contribution < 1.29 is 14.7 Å². The summed E-state index contributed by atoms with van der Waals surface area (Å²) in [7, 11) is 0. The van der Waals surface area contributed by atoms with Gasteiger partial charge in [-0.3, -0.25) is 4.79 Å². The number of carbonyl (C=O) groups is 2. The monoisotopic (exact) mass is 262 g/mol. The molecule has 0 fully saturated rings. The highest BCUT2D eigenvalue weighted by Gasteiger charge is 2.22. The number of benzene rings is 1. The van der Waals surface area contributed by atoms with Crippen molar-refractivity contribution in [2.45, 2.75) is 26.2 Å². The zero-order chi connectivity index (χ0) is 13.8. The van der Waals surface area contributed by atoms with Crippen molar-refractivity contribution in [3.63, 3.8) is 0 Å². The van der Waals surface area contributed by atoms with Gasteiger partial charge in [0.2, 0.25) is 5.91 Å². The number of fused-ring (bicyclic) bond motifs is 1. The number of hydrogen-bond acceptors (Lipinski definition) is 3. The molecular formula is C14H18N2O3. The fourth-order valence-corrected chi connectivity index (χ4v) is 2.25. The third-order valence-electron chi connectivity index (χ3n) is 3.22. The molecule has 0 unspecified atom stereocenters. The number of aromatic carboxylic acids is 1. The van der Waals surface area contributed by atoms with Crippen LogP contribution in [0.4, 0.5) is 11.4 Å². The van der Waals surface area contributed by atoms with Gasteiger partial charge >= 0.3 is 5.97 Å². The van der Waals surface area contributed by atoms with Crippen LogP contribution in [0.25, 0.3) is 0 Å². The van der Waals surface area contributed by atoms with Gasteiger partial charge in [0, 0.05) is 6.54 Å². The van der Waals surface area contributed by atoms with E-state index < -0.39 is 5.97 Å². The number of nitrogens with one attached hydrogen (secondary N) is 1. The predicted octanol–water partition coefficient (Wildman–Crippen LogP) is 2.33. The standard InChI is InChI=1S/C14H18N2O3/c1-2-3-4-7-16-9-13(17)15-11-8-10(14(18)19)5-6-12(11)16/h5-6,8H,2-4,7,9H2,1H3,(H,15,17)(H,18,19). The summed E-state index contributed by atoms with van der Waals surface area (Å²) in [5.41, 5.74) is 1.68. The third kappa shape index (κ3) is 3.05. The quantitative estimate of drug-likeness (QED) is 0.799. The number of anilines is 2. The molecule has 0 saturated heterocycles. The van der Waals surface area contributed by atoms with Gasteiger partial charge in [-0.05, 0) is 24.6 Å². The number of nitrogens with zero attached hydrogens (tertiary/aromatic N) is 1. The van der Waals surface area contributed by atoms with Crippen LogP contribution < -0.4 is 10.2 Å². The first-order valence-electron chi connectivity index (χ1n) is 6.54. The fraction of sp³-hybridized carbons (Fsp3) is 0.429. The van der Waals surface area contributed by atoms with Crippen molar-refractivity contribution in [2.24, 2.45) is 0 Å². The van der Waals surface area contributed by atoms with E-state index in [-0.39, 0.29) is 11.5 Å². The summed E-state index contributed by atoms with van der Waals surface area (Å²) in [4.78, 5) is 24.6. The molecular weight excluding hydrogens is 244 g/mol. The van der Waals surface area contributed by atoms with Crippen LogP contribution >= 0.6 is 0 Å². The Bertz CT molecular complexity index is 499. The molecule has 1 aliphatic rings. The molecule has 0 aromatic heterocycles. The van der Waals surface area contributed by atoms with E-state index in [1.807, 2.05) is 4.90 Å². The largest absolute Gasteiger partial charge is 0.478 e. The third-order valence-corrected chi connectivity index (χ3v) is 3.22. The predicted molar refractivity (Wildman–Crippen MR) is 73.8 cm³/mol. The Balaban J connectivity index is 2.22. The van der Waals surface area contributed by atoms with E-state index >= 15 is 0 Å². The van der Waals surface area contributed by atoms with E-state index in [2.05, 4.69) is 12.2 Å². The minimum absolute atomic E-state index is 0.0912. The molecule has 5 nitrogen and oxygen atoms in total. The molecule has 5 heteroatoms.